The fourth-order valence-corrected chi connectivity index (χ4v) is 3.43. The van der Waals surface area contributed by atoms with Gasteiger partial charge in [-0.3, -0.25) is 4.90 Å². The van der Waals surface area contributed by atoms with Crippen molar-refractivity contribution in [2.75, 3.05) is 39.4 Å². The van der Waals surface area contributed by atoms with E-state index in [-0.39, 0.29) is 30.0 Å². The summed E-state index contributed by atoms with van der Waals surface area (Å²) >= 11 is 6.50. The van der Waals surface area contributed by atoms with Gasteiger partial charge in [-0.15, -0.1) is 24.0 Å². The minimum absolute atomic E-state index is 0. The fraction of sp³-hybridized carbons (Fsp3) is 0.450. The molecule has 0 bridgehead atoms. The van der Waals surface area contributed by atoms with E-state index in [4.69, 9.17) is 20.8 Å². The minimum atomic E-state index is 0. The summed E-state index contributed by atoms with van der Waals surface area (Å²) in [6.07, 6.45) is 1.66. The van der Waals surface area contributed by atoms with Crippen molar-refractivity contribution < 1.29 is 9.15 Å². The fourth-order valence-electron chi connectivity index (χ4n) is 3.16. The number of guanidine groups is 1. The van der Waals surface area contributed by atoms with Gasteiger partial charge in [-0.1, -0.05) is 29.8 Å². The van der Waals surface area contributed by atoms with E-state index < -0.39 is 0 Å². The van der Waals surface area contributed by atoms with E-state index in [1.54, 1.807) is 6.26 Å². The van der Waals surface area contributed by atoms with Crippen LogP contribution in [-0.2, 0) is 11.3 Å². The van der Waals surface area contributed by atoms with Crippen LogP contribution in [0.5, 0.6) is 0 Å². The summed E-state index contributed by atoms with van der Waals surface area (Å²) in [6.45, 7) is 7.30. The molecule has 0 amide bonds. The molecule has 1 aromatic heterocycles. The summed E-state index contributed by atoms with van der Waals surface area (Å²) in [5.74, 6) is 1.60. The minimum Gasteiger partial charge on any atom is -0.467 e. The van der Waals surface area contributed by atoms with E-state index in [1.807, 2.05) is 30.3 Å². The van der Waals surface area contributed by atoms with Crippen molar-refractivity contribution in [2.45, 2.75) is 19.5 Å². The monoisotopic (exact) mass is 518 g/mol. The number of hydrogen-bond donors (Lipinski definition) is 2. The smallest absolute Gasteiger partial charge is 0.191 e. The molecule has 2 aromatic rings. The van der Waals surface area contributed by atoms with Gasteiger partial charge in [-0.2, -0.15) is 0 Å². The third-order valence-electron chi connectivity index (χ3n) is 4.53. The molecular weight excluding hydrogens is 491 g/mol. The summed E-state index contributed by atoms with van der Waals surface area (Å²) in [5, 5.41) is 7.54. The number of morpholine rings is 1. The quantitative estimate of drug-likeness (QED) is 0.333. The number of aliphatic imine (C=N–C) groups is 1. The first kappa shape index (κ1) is 23.0. The van der Waals surface area contributed by atoms with E-state index in [2.05, 4.69) is 33.5 Å². The molecule has 0 radical (unpaired) electrons. The molecule has 3 rings (SSSR count). The number of hydrogen-bond acceptors (Lipinski definition) is 4. The van der Waals surface area contributed by atoms with Crippen LogP contribution in [0.15, 0.2) is 52.1 Å². The Morgan fingerprint density at radius 2 is 1.96 bits per heavy atom. The maximum Gasteiger partial charge on any atom is 0.191 e. The molecule has 1 aliphatic rings. The van der Waals surface area contributed by atoms with Crippen LogP contribution in [0.25, 0.3) is 0 Å². The van der Waals surface area contributed by atoms with Crippen molar-refractivity contribution in [1.29, 1.82) is 0 Å². The molecule has 1 aliphatic heterocycles. The van der Waals surface area contributed by atoms with E-state index in [0.717, 1.165) is 55.2 Å². The molecule has 0 aliphatic carbocycles. The van der Waals surface area contributed by atoms with Gasteiger partial charge in [0.05, 0.1) is 25.5 Å². The Kier molecular flexibility index (Phi) is 10.1. The maximum atomic E-state index is 6.50. The zero-order valence-electron chi connectivity index (χ0n) is 16.1. The lowest BCUT2D eigenvalue weighted by Crippen LogP contribution is -2.46. The Hall–Kier alpha value is -1.29. The van der Waals surface area contributed by atoms with Crippen molar-refractivity contribution in [3.63, 3.8) is 0 Å². The SMILES string of the molecule is CCNC(=NCc1ccco1)NCC(c1ccccc1Cl)N1CCOCC1.I. The first-order valence-corrected chi connectivity index (χ1v) is 9.76. The van der Waals surface area contributed by atoms with Crippen molar-refractivity contribution in [1.82, 2.24) is 15.5 Å². The topological polar surface area (TPSA) is 62.0 Å². The average molecular weight is 519 g/mol. The van der Waals surface area contributed by atoms with Crippen LogP contribution in [0.1, 0.15) is 24.3 Å². The second-order valence-electron chi connectivity index (χ2n) is 6.34. The average Bonchev–Trinajstić information content (AvgIpc) is 3.22. The summed E-state index contributed by atoms with van der Waals surface area (Å²) in [6, 6.07) is 12.0. The molecular formula is C20H28ClIN4O2. The van der Waals surface area contributed by atoms with E-state index >= 15 is 0 Å². The predicted octanol–water partition coefficient (Wildman–Crippen LogP) is 3.68. The third kappa shape index (κ3) is 6.65. The second kappa shape index (κ2) is 12.3. The van der Waals surface area contributed by atoms with E-state index in [1.165, 1.54) is 0 Å². The standard InChI is InChI=1S/C20H27ClN4O2.HI/c1-2-22-20(23-14-16-6-5-11-27-16)24-15-19(25-9-12-26-13-10-25)17-7-3-4-8-18(17)21;/h3-8,11,19H,2,9-10,12-15H2,1H3,(H2,22,23,24);1H. The molecule has 1 fully saturated rings. The lowest BCUT2D eigenvalue weighted by Gasteiger charge is -2.35. The largest absolute Gasteiger partial charge is 0.467 e. The highest BCUT2D eigenvalue weighted by atomic mass is 127. The van der Waals surface area contributed by atoms with Crippen LogP contribution in [-0.4, -0.2) is 50.3 Å². The normalized spacial score (nSPS) is 16.3. The lowest BCUT2D eigenvalue weighted by atomic mass is 10.0. The van der Waals surface area contributed by atoms with Gasteiger partial charge in [0.15, 0.2) is 5.96 Å². The molecule has 2 heterocycles. The first-order valence-electron chi connectivity index (χ1n) is 9.38. The van der Waals surface area contributed by atoms with Gasteiger partial charge in [-0.25, -0.2) is 4.99 Å². The number of ether oxygens (including phenoxy) is 1. The number of benzene rings is 1. The molecule has 154 valence electrons. The zero-order valence-corrected chi connectivity index (χ0v) is 19.2. The Morgan fingerprint density at radius 1 is 1.18 bits per heavy atom. The molecule has 1 unspecified atom stereocenters. The summed E-state index contributed by atoms with van der Waals surface area (Å²) in [4.78, 5) is 7.02. The van der Waals surface area contributed by atoms with Crippen LogP contribution < -0.4 is 10.6 Å². The van der Waals surface area contributed by atoms with Crippen LogP contribution in [0.3, 0.4) is 0 Å². The third-order valence-corrected chi connectivity index (χ3v) is 4.88. The number of rotatable bonds is 7. The van der Waals surface area contributed by atoms with Gasteiger partial charge < -0.3 is 19.8 Å². The highest BCUT2D eigenvalue weighted by molar-refractivity contribution is 14.0. The molecule has 0 saturated carbocycles. The van der Waals surface area contributed by atoms with Crippen LogP contribution in [0.4, 0.5) is 0 Å². The first-order chi connectivity index (χ1) is 13.3. The number of furan rings is 1. The lowest BCUT2D eigenvalue weighted by molar-refractivity contribution is 0.0170. The summed E-state index contributed by atoms with van der Waals surface area (Å²) < 4.78 is 10.9. The molecule has 6 nitrogen and oxygen atoms in total. The van der Waals surface area contributed by atoms with Crippen molar-refractivity contribution in [2.24, 2.45) is 4.99 Å². The van der Waals surface area contributed by atoms with Crippen molar-refractivity contribution in [3.8, 4) is 0 Å². The predicted molar refractivity (Wildman–Crippen MR) is 124 cm³/mol. The molecule has 28 heavy (non-hydrogen) atoms. The second-order valence-corrected chi connectivity index (χ2v) is 6.75. The zero-order chi connectivity index (χ0) is 18.9. The van der Waals surface area contributed by atoms with Crippen LogP contribution >= 0.6 is 35.6 Å². The highest BCUT2D eigenvalue weighted by Gasteiger charge is 2.24. The van der Waals surface area contributed by atoms with E-state index in [9.17, 15) is 0 Å². The molecule has 0 spiro atoms. The van der Waals surface area contributed by atoms with Gasteiger partial charge in [-0.05, 0) is 30.7 Å². The van der Waals surface area contributed by atoms with Crippen LogP contribution in [0, 0.1) is 0 Å². The highest BCUT2D eigenvalue weighted by Crippen LogP contribution is 2.27. The van der Waals surface area contributed by atoms with Crippen molar-refractivity contribution >= 4 is 41.5 Å². The maximum absolute atomic E-state index is 6.50. The Morgan fingerprint density at radius 3 is 2.64 bits per heavy atom. The summed E-state index contributed by atoms with van der Waals surface area (Å²) in [5.41, 5.74) is 1.12. The van der Waals surface area contributed by atoms with Gasteiger partial charge in [0.1, 0.15) is 12.3 Å². The number of halogens is 2. The molecule has 1 atom stereocenters. The summed E-state index contributed by atoms with van der Waals surface area (Å²) in [7, 11) is 0. The van der Waals surface area contributed by atoms with Gasteiger partial charge in [0.2, 0.25) is 0 Å². The van der Waals surface area contributed by atoms with Gasteiger partial charge in [0, 0.05) is 31.2 Å². The Labute approximate surface area is 188 Å². The van der Waals surface area contributed by atoms with E-state index in [0.29, 0.717) is 13.1 Å². The van der Waals surface area contributed by atoms with Crippen molar-refractivity contribution in [3.05, 3.63) is 59.0 Å². The molecule has 8 heteroatoms. The number of nitrogens with zero attached hydrogens (tertiary/aromatic N) is 2. The van der Waals surface area contributed by atoms with Gasteiger partial charge >= 0.3 is 0 Å². The Bertz CT molecular complexity index is 721. The van der Waals surface area contributed by atoms with Crippen LogP contribution in [0.2, 0.25) is 5.02 Å². The molecule has 1 saturated heterocycles. The Balaban J connectivity index is 0.00000280. The number of nitrogens with one attached hydrogen (secondary N) is 2. The van der Waals surface area contributed by atoms with Gasteiger partial charge in [0.25, 0.3) is 0 Å². The molecule has 2 N–H and O–H groups in total. The molecule has 1 aromatic carbocycles.